The number of aryl methyl sites for hydroxylation is 6. The van der Waals surface area contributed by atoms with Crippen molar-refractivity contribution in [1.29, 1.82) is 0 Å². The van der Waals surface area contributed by atoms with Crippen molar-refractivity contribution in [3.05, 3.63) is 652 Å². The lowest BCUT2D eigenvalue weighted by Crippen LogP contribution is -1.85. The van der Waals surface area contributed by atoms with Gasteiger partial charge in [0, 0.05) is 0 Å². The van der Waals surface area contributed by atoms with Gasteiger partial charge < -0.3 is 0 Å². The molecule has 0 fully saturated rings. The van der Waals surface area contributed by atoms with E-state index in [0.29, 0.717) is 0 Å². The van der Waals surface area contributed by atoms with E-state index in [-0.39, 0.29) is 0 Å². The van der Waals surface area contributed by atoms with Crippen LogP contribution in [0.25, 0.3) is 200 Å². The molecule has 0 atom stereocenters. The summed E-state index contributed by atoms with van der Waals surface area (Å²) in [7, 11) is 0. The molecule has 0 amide bonds. The van der Waals surface area contributed by atoms with Crippen molar-refractivity contribution in [2.24, 2.45) is 0 Å². The molecule has 24 aromatic rings. The molecule has 150 heavy (non-hydrogen) atoms. The lowest BCUT2D eigenvalue weighted by Gasteiger charge is -2.10. The fourth-order valence-corrected chi connectivity index (χ4v) is 19.1. The lowest BCUT2D eigenvalue weighted by molar-refractivity contribution is 1.46. The zero-order valence-electron chi connectivity index (χ0n) is 85.9. The Morgan fingerprint density at radius 2 is 0.200 bits per heavy atom. The molecule has 0 unspecified atom stereocenters. The molecule has 0 aliphatic carbocycles. The summed E-state index contributed by atoms with van der Waals surface area (Å²) in [5.74, 6) is 0. The van der Waals surface area contributed by atoms with Gasteiger partial charge in [0.15, 0.2) is 0 Å². The molecule has 0 N–H and O–H groups in total. The van der Waals surface area contributed by atoms with Gasteiger partial charge >= 0.3 is 0 Å². The van der Waals surface area contributed by atoms with Gasteiger partial charge in [-0.1, -0.05) is 605 Å². The van der Waals surface area contributed by atoms with E-state index in [1.807, 2.05) is 18.2 Å². The van der Waals surface area contributed by atoms with Gasteiger partial charge in [0.1, 0.15) is 0 Å². The van der Waals surface area contributed by atoms with Gasteiger partial charge in [-0.3, -0.25) is 0 Å². The molecular formula is C150H120. The Morgan fingerprint density at radius 1 is 0.0733 bits per heavy atom. The summed E-state index contributed by atoms with van der Waals surface area (Å²) < 4.78 is 0. The largest absolute Gasteiger partial charge is 0.0622 e. The first-order valence-corrected chi connectivity index (χ1v) is 51.8. The highest BCUT2D eigenvalue weighted by molar-refractivity contribution is 5.84. The van der Waals surface area contributed by atoms with E-state index >= 15 is 0 Å². The second-order valence-corrected chi connectivity index (χ2v) is 38.2. The predicted molar refractivity (Wildman–Crippen MR) is 645 cm³/mol. The van der Waals surface area contributed by atoms with E-state index in [4.69, 9.17) is 0 Å². The van der Waals surface area contributed by atoms with Crippen molar-refractivity contribution >= 4 is 0 Å². The van der Waals surface area contributed by atoms with Crippen LogP contribution in [0.15, 0.2) is 619 Å². The van der Waals surface area contributed by atoms with Crippen LogP contribution < -0.4 is 0 Å². The van der Waals surface area contributed by atoms with Gasteiger partial charge in [-0.05, 0) is 289 Å². The molecule has 0 radical (unpaired) electrons. The third kappa shape index (κ3) is 26.5. The van der Waals surface area contributed by atoms with Gasteiger partial charge in [0.25, 0.3) is 0 Å². The molecule has 0 aliphatic heterocycles. The van der Waals surface area contributed by atoms with Crippen molar-refractivity contribution in [1.82, 2.24) is 0 Å². The Morgan fingerprint density at radius 3 is 0.413 bits per heavy atom. The first-order valence-electron chi connectivity index (χ1n) is 51.8. The third-order valence-electron chi connectivity index (χ3n) is 27.5. The quantitative estimate of drug-likeness (QED) is 0.0803. The van der Waals surface area contributed by atoms with Crippen LogP contribution in [0.1, 0.15) is 33.4 Å². The molecule has 0 bridgehead atoms. The Labute approximate surface area is 887 Å². The number of hydrogen-bond donors (Lipinski definition) is 0. The highest BCUT2D eigenvalue weighted by atomic mass is 14.2. The average Bonchev–Trinajstić information content (AvgIpc) is 0.826. The standard InChI is InChI=1S/6C25H20/c1-19-8-5-11-21(16-19)23-13-7-15-25(18-23)24-14-6-12-22(17-24)20-9-3-2-4-10-20;1-19-13-15-21(16-14-19)23-10-6-12-25(18-23)24-11-5-9-22(17-24)20-7-3-2-4-8-20;1-19-9-5-6-16-25(19)24-15-8-14-23(18-24)22-13-7-12-21(17-22)20-10-3-2-4-11-20;1-19-7-5-6-10-25(19)24-17-15-23(16-18-24)22-13-11-21(12-14-22)20-8-3-2-4-9-20;1-19-6-5-9-25(18-19)24-16-14-23(15-17-24)22-12-10-21(11-13-22)20-7-3-2-4-8-20;1-19-7-9-21(10-8-19)23-15-17-25(18-16-23)24-13-11-22(12-14-24)20-5-3-2-4-6-20/h6*2-18H,1H3. The van der Waals surface area contributed by atoms with Crippen LogP contribution in [0.3, 0.4) is 0 Å². The normalized spacial score (nSPS) is 10.6. The van der Waals surface area contributed by atoms with E-state index in [9.17, 15) is 0 Å². The molecule has 0 saturated carbocycles. The lowest BCUT2D eigenvalue weighted by atomic mass is 9.95. The molecule has 24 rings (SSSR count). The zero-order chi connectivity index (χ0) is 102. The van der Waals surface area contributed by atoms with Gasteiger partial charge in [-0.15, -0.1) is 0 Å². The molecule has 24 aromatic carbocycles. The average molecular weight is 1920 g/mol. The van der Waals surface area contributed by atoms with Crippen LogP contribution >= 0.6 is 0 Å². The molecule has 0 heteroatoms. The van der Waals surface area contributed by atoms with Crippen LogP contribution in [-0.2, 0) is 0 Å². The second kappa shape index (κ2) is 49.7. The van der Waals surface area contributed by atoms with Crippen LogP contribution in [0.2, 0.25) is 0 Å². The first-order chi connectivity index (χ1) is 73.8. The Bertz CT molecular complexity index is 8450. The van der Waals surface area contributed by atoms with Crippen molar-refractivity contribution in [2.75, 3.05) is 0 Å². The van der Waals surface area contributed by atoms with Crippen LogP contribution in [-0.4, -0.2) is 0 Å². The minimum atomic E-state index is 1.25. The van der Waals surface area contributed by atoms with E-state index in [2.05, 4.69) is 642 Å². The number of rotatable bonds is 18. The SMILES string of the molecule is Cc1ccc(-c2ccc(-c3ccc(-c4ccccc4)cc3)cc2)cc1.Cc1ccc(-c2cccc(-c3cccc(-c4ccccc4)c3)c2)cc1.Cc1cccc(-c2ccc(-c3ccc(-c4ccccc4)cc3)cc2)c1.Cc1cccc(-c2cccc(-c3cccc(-c4ccccc4)c3)c2)c1.Cc1ccccc1-c1ccc(-c2ccc(-c3ccccc3)cc2)cc1.Cc1ccccc1-c1cccc(-c2cccc(-c3ccccc3)c2)c1. The molecule has 0 spiro atoms. The summed E-state index contributed by atoms with van der Waals surface area (Å²) in [4.78, 5) is 0. The Balaban J connectivity index is 0.000000113. The van der Waals surface area contributed by atoms with Crippen molar-refractivity contribution in [3.63, 3.8) is 0 Å². The summed E-state index contributed by atoms with van der Waals surface area (Å²) in [5, 5.41) is 0. The van der Waals surface area contributed by atoms with E-state index in [0.717, 1.165) is 0 Å². The molecule has 0 saturated heterocycles. The molecule has 0 aromatic heterocycles. The Hall–Kier alpha value is -18.7. The zero-order valence-corrected chi connectivity index (χ0v) is 85.9. The maximum Gasteiger partial charge on any atom is -0.0155 e. The summed E-state index contributed by atoms with van der Waals surface area (Å²) >= 11 is 0. The van der Waals surface area contributed by atoms with Crippen molar-refractivity contribution in [2.45, 2.75) is 41.5 Å². The van der Waals surface area contributed by atoms with Gasteiger partial charge in [0.05, 0.1) is 0 Å². The molecular weight excluding hydrogens is 1800 g/mol. The maximum absolute atomic E-state index is 2.28. The van der Waals surface area contributed by atoms with Gasteiger partial charge in [0.2, 0.25) is 0 Å². The monoisotopic (exact) mass is 1920 g/mol. The number of hydrogen-bond acceptors (Lipinski definition) is 0. The highest BCUT2D eigenvalue weighted by Crippen LogP contribution is 2.39. The molecule has 720 valence electrons. The summed E-state index contributed by atoms with van der Waals surface area (Å²) in [5.41, 5.74) is 52.9. The minimum absolute atomic E-state index is 1.25. The smallest absolute Gasteiger partial charge is 0.0155 e. The fourth-order valence-electron chi connectivity index (χ4n) is 19.1. The van der Waals surface area contributed by atoms with E-state index in [1.165, 1.54) is 234 Å². The Kier molecular flexibility index (Phi) is 33.1. The predicted octanol–water partition coefficient (Wildman–Crippen LogP) is 42.0. The first kappa shape index (κ1) is 100.0. The van der Waals surface area contributed by atoms with E-state index < -0.39 is 0 Å². The van der Waals surface area contributed by atoms with Crippen molar-refractivity contribution in [3.8, 4) is 200 Å². The van der Waals surface area contributed by atoms with Gasteiger partial charge in [-0.25, -0.2) is 0 Å². The summed E-state index contributed by atoms with van der Waals surface area (Å²) in [6.07, 6.45) is 0. The molecule has 0 aliphatic rings. The molecule has 0 heterocycles. The highest BCUT2D eigenvalue weighted by Gasteiger charge is 2.14. The second-order valence-electron chi connectivity index (χ2n) is 38.2. The summed E-state index contributed by atoms with van der Waals surface area (Å²) in [6.45, 7) is 12.8. The molecule has 0 nitrogen and oxygen atoms in total. The minimum Gasteiger partial charge on any atom is -0.0622 e. The van der Waals surface area contributed by atoms with E-state index in [1.54, 1.807) is 0 Å². The maximum atomic E-state index is 2.28. The fraction of sp³-hybridized carbons (Fsp3) is 0.0400. The third-order valence-corrected chi connectivity index (χ3v) is 27.5. The van der Waals surface area contributed by atoms with Crippen LogP contribution in [0, 0.1) is 41.5 Å². The summed E-state index contributed by atoms with van der Waals surface area (Å²) in [6, 6.07) is 220. The van der Waals surface area contributed by atoms with Crippen molar-refractivity contribution < 1.29 is 0 Å². The topological polar surface area (TPSA) is 0 Å². The van der Waals surface area contributed by atoms with Crippen LogP contribution in [0.5, 0.6) is 0 Å². The number of benzene rings is 24. The van der Waals surface area contributed by atoms with Crippen LogP contribution in [0.4, 0.5) is 0 Å². The van der Waals surface area contributed by atoms with Gasteiger partial charge in [-0.2, -0.15) is 0 Å².